The second-order valence-electron chi connectivity index (χ2n) is 7.07. The molecule has 1 aliphatic rings. The molecule has 3 aromatic rings. The maximum Gasteiger partial charge on any atom is 0.263 e. The molecule has 0 bridgehead atoms. The number of carbonyl (C=O) groups is 1. The van der Waals surface area contributed by atoms with Gasteiger partial charge in [-0.2, -0.15) is 5.10 Å². The molecule has 1 aliphatic heterocycles. The summed E-state index contributed by atoms with van der Waals surface area (Å²) in [5.41, 5.74) is 1.56. The van der Waals surface area contributed by atoms with Crippen LogP contribution in [0, 0.1) is 0 Å². The maximum atomic E-state index is 12.5. The lowest BCUT2D eigenvalue weighted by atomic mass is 10.1. The van der Waals surface area contributed by atoms with Gasteiger partial charge in [-0.15, -0.1) is 0 Å². The van der Waals surface area contributed by atoms with Crippen molar-refractivity contribution in [2.75, 3.05) is 23.4 Å². The fourth-order valence-corrected chi connectivity index (χ4v) is 5.30. The van der Waals surface area contributed by atoms with Gasteiger partial charge in [0.25, 0.3) is 5.91 Å². The average molecular weight is 490 g/mol. The first-order chi connectivity index (χ1) is 14.4. The molecule has 1 amide bonds. The summed E-state index contributed by atoms with van der Waals surface area (Å²) in [5, 5.41) is 7.42. The molecule has 156 valence electrons. The van der Waals surface area contributed by atoms with E-state index in [0.29, 0.717) is 23.7 Å². The van der Waals surface area contributed by atoms with Crippen molar-refractivity contribution in [2.24, 2.45) is 0 Å². The molecule has 4 rings (SSSR count). The molecule has 30 heavy (non-hydrogen) atoms. The fourth-order valence-electron chi connectivity index (χ4n) is 3.34. The molecule has 9 heteroatoms. The molecule has 0 aliphatic carbocycles. The highest BCUT2D eigenvalue weighted by Gasteiger charge is 2.31. The molecule has 2 aromatic carbocycles. The van der Waals surface area contributed by atoms with Gasteiger partial charge in [0.15, 0.2) is 16.4 Å². The topological polar surface area (TPSA) is 90.3 Å². The summed E-state index contributed by atoms with van der Waals surface area (Å²) in [4.78, 5) is 12.5. The number of aromatic nitrogens is 2. The summed E-state index contributed by atoms with van der Waals surface area (Å²) in [7, 11) is -3.10. The molecule has 7 nitrogen and oxygen atoms in total. The highest BCUT2D eigenvalue weighted by molar-refractivity contribution is 9.10. The number of nitrogens with one attached hydrogen (secondary N) is 1. The smallest absolute Gasteiger partial charge is 0.263 e. The minimum absolute atomic E-state index is 0.0151. The Hall–Kier alpha value is -2.65. The van der Waals surface area contributed by atoms with Crippen LogP contribution in [0.4, 0.5) is 5.82 Å². The van der Waals surface area contributed by atoms with Crippen LogP contribution in [0.15, 0.2) is 65.1 Å². The largest absolute Gasteiger partial charge is 0.484 e. The predicted molar refractivity (Wildman–Crippen MR) is 118 cm³/mol. The first-order valence-corrected chi connectivity index (χ1v) is 12.0. The summed E-state index contributed by atoms with van der Waals surface area (Å²) >= 11 is 3.35. The second kappa shape index (κ2) is 8.61. The van der Waals surface area contributed by atoms with Gasteiger partial charge in [0, 0.05) is 16.1 Å². The predicted octanol–water partition coefficient (Wildman–Crippen LogP) is 3.69. The molecule has 2 heterocycles. The van der Waals surface area contributed by atoms with Crippen LogP contribution in [0.2, 0.25) is 0 Å². The minimum atomic E-state index is -3.10. The summed E-state index contributed by atoms with van der Waals surface area (Å²) in [5.74, 6) is 0.827. The van der Waals surface area contributed by atoms with Crippen LogP contribution < -0.4 is 10.1 Å². The van der Waals surface area contributed by atoms with E-state index in [0.717, 1.165) is 10.0 Å². The van der Waals surface area contributed by atoms with Gasteiger partial charge < -0.3 is 10.1 Å². The molecule has 1 aromatic heterocycles. The van der Waals surface area contributed by atoms with Crippen LogP contribution in [-0.4, -0.2) is 42.2 Å². The number of carbonyl (C=O) groups excluding carboxylic acids is 1. The van der Waals surface area contributed by atoms with Crippen molar-refractivity contribution >= 4 is 37.5 Å². The van der Waals surface area contributed by atoms with Gasteiger partial charge in [-0.05, 0) is 30.7 Å². The lowest BCUT2D eigenvalue weighted by Gasteiger charge is -2.14. The molecule has 0 unspecified atom stereocenters. The van der Waals surface area contributed by atoms with Crippen LogP contribution >= 0.6 is 15.9 Å². The SMILES string of the molecule is O=C(COc1ccc(Br)cc1)Nc1cc(-c2ccccc2)nn1[C@H]1CCS(=O)(=O)C1. The lowest BCUT2D eigenvalue weighted by molar-refractivity contribution is -0.118. The number of anilines is 1. The van der Waals surface area contributed by atoms with Crippen LogP contribution in [0.3, 0.4) is 0 Å². The van der Waals surface area contributed by atoms with Gasteiger partial charge in [-0.3, -0.25) is 4.79 Å². The van der Waals surface area contributed by atoms with Crippen molar-refractivity contribution in [2.45, 2.75) is 12.5 Å². The van der Waals surface area contributed by atoms with Crippen molar-refractivity contribution in [3.05, 3.63) is 65.1 Å². The van der Waals surface area contributed by atoms with Gasteiger partial charge >= 0.3 is 0 Å². The molecule has 1 saturated heterocycles. The Kier molecular flexibility index (Phi) is 5.92. The number of amides is 1. The van der Waals surface area contributed by atoms with E-state index in [4.69, 9.17) is 4.74 Å². The Morgan fingerprint density at radius 2 is 1.90 bits per heavy atom. The van der Waals surface area contributed by atoms with E-state index in [1.165, 1.54) is 0 Å². The van der Waals surface area contributed by atoms with Gasteiger partial charge in [-0.1, -0.05) is 46.3 Å². The van der Waals surface area contributed by atoms with E-state index in [-0.39, 0.29) is 30.1 Å². The van der Waals surface area contributed by atoms with Crippen LogP contribution in [0.1, 0.15) is 12.5 Å². The van der Waals surface area contributed by atoms with E-state index >= 15 is 0 Å². The standard InChI is InChI=1S/C21H20BrN3O4S/c22-16-6-8-18(9-7-16)29-13-21(26)23-20-12-19(15-4-2-1-3-5-15)24-25(20)17-10-11-30(27,28)14-17/h1-9,12,17H,10-11,13-14H2,(H,23,26)/t17-/m0/s1. The molecule has 0 spiro atoms. The number of sulfone groups is 1. The van der Waals surface area contributed by atoms with Crippen molar-refractivity contribution in [3.63, 3.8) is 0 Å². The monoisotopic (exact) mass is 489 g/mol. The summed E-state index contributed by atoms with van der Waals surface area (Å²) in [6, 6.07) is 18.2. The van der Waals surface area contributed by atoms with E-state index in [1.54, 1.807) is 22.9 Å². The Morgan fingerprint density at radius 3 is 2.57 bits per heavy atom. The van der Waals surface area contributed by atoms with Crippen molar-refractivity contribution < 1.29 is 17.9 Å². The zero-order chi connectivity index (χ0) is 21.1. The zero-order valence-electron chi connectivity index (χ0n) is 16.0. The first-order valence-electron chi connectivity index (χ1n) is 9.43. The van der Waals surface area contributed by atoms with Crippen LogP contribution in [0.25, 0.3) is 11.3 Å². The number of benzene rings is 2. The van der Waals surface area contributed by atoms with E-state index in [9.17, 15) is 13.2 Å². The van der Waals surface area contributed by atoms with Crippen molar-refractivity contribution in [1.29, 1.82) is 0 Å². The average Bonchev–Trinajstić information content (AvgIpc) is 3.31. The number of rotatable bonds is 6. The quantitative estimate of drug-likeness (QED) is 0.570. The van der Waals surface area contributed by atoms with E-state index < -0.39 is 9.84 Å². The molecule has 1 N–H and O–H groups in total. The van der Waals surface area contributed by atoms with Gasteiger partial charge in [0.1, 0.15) is 11.6 Å². The number of ether oxygens (including phenoxy) is 1. The molecule has 1 atom stereocenters. The van der Waals surface area contributed by atoms with Gasteiger partial charge in [0.05, 0.1) is 23.2 Å². The maximum absolute atomic E-state index is 12.5. The lowest BCUT2D eigenvalue weighted by Crippen LogP contribution is -2.23. The Balaban J connectivity index is 1.53. The molecule has 1 fully saturated rings. The van der Waals surface area contributed by atoms with Crippen LogP contribution in [-0.2, 0) is 14.6 Å². The van der Waals surface area contributed by atoms with E-state index in [2.05, 4.69) is 26.3 Å². The number of hydrogen-bond acceptors (Lipinski definition) is 5. The van der Waals surface area contributed by atoms with Crippen molar-refractivity contribution in [1.82, 2.24) is 9.78 Å². The number of hydrogen-bond donors (Lipinski definition) is 1. The first kappa shape index (κ1) is 20.6. The highest BCUT2D eigenvalue weighted by atomic mass is 79.9. The molecular formula is C21H20BrN3O4S. The summed E-state index contributed by atoms with van der Waals surface area (Å²) in [6.45, 7) is -0.170. The van der Waals surface area contributed by atoms with Gasteiger partial charge in [-0.25, -0.2) is 13.1 Å². The molecule has 0 saturated carbocycles. The normalized spacial score (nSPS) is 17.6. The van der Waals surface area contributed by atoms with Crippen molar-refractivity contribution in [3.8, 4) is 17.0 Å². The third-order valence-electron chi connectivity index (χ3n) is 4.81. The Bertz CT molecular complexity index is 1140. The third-order valence-corrected chi connectivity index (χ3v) is 7.09. The molecule has 0 radical (unpaired) electrons. The molecular weight excluding hydrogens is 470 g/mol. The summed E-state index contributed by atoms with van der Waals surface area (Å²) < 4.78 is 32.0. The third kappa shape index (κ3) is 4.91. The van der Waals surface area contributed by atoms with Gasteiger partial charge in [0.2, 0.25) is 0 Å². The zero-order valence-corrected chi connectivity index (χ0v) is 18.4. The second-order valence-corrected chi connectivity index (χ2v) is 10.2. The van der Waals surface area contributed by atoms with E-state index in [1.807, 2.05) is 42.5 Å². The number of halogens is 1. The minimum Gasteiger partial charge on any atom is -0.484 e. The Morgan fingerprint density at radius 1 is 1.17 bits per heavy atom. The number of nitrogens with zero attached hydrogens (tertiary/aromatic N) is 2. The highest BCUT2D eigenvalue weighted by Crippen LogP contribution is 2.30. The summed E-state index contributed by atoms with van der Waals surface area (Å²) in [6.07, 6.45) is 0.469. The van der Waals surface area contributed by atoms with Crippen LogP contribution in [0.5, 0.6) is 5.75 Å². The Labute approximate surface area is 183 Å². The fraction of sp³-hybridized carbons (Fsp3) is 0.238.